The summed E-state index contributed by atoms with van der Waals surface area (Å²) in [6, 6.07) is 14.2. The molecule has 28 heavy (non-hydrogen) atoms. The fourth-order valence-corrected chi connectivity index (χ4v) is 3.71. The van der Waals surface area contributed by atoms with Crippen molar-refractivity contribution < 1.29 is 9.18 Å². The third-order valence-corrected chi connectivity index (χ3v) is 5.17. The third-order valence-electron chi connectivity index (χ3n) is 5.17. The van der Waals surface area contributed by atoms with Crippen LogP contribution < -0.4 is 10.6 Å². The lowest BCUT2D eigenvalue weighted by molar-refractivity contribution is -0.123. The first-order valence-corrected chi connectivity index (χ1v) is 9.48. The Hall–Kier alpha value is -2.99. The summed E-state index contributed by atoms with van der Waals surface area (Å²) in [5, 5.41) is 6.46. The molecule has 2 atom stereocenters. The van der Waals surface area contributed by atoms with Gasteiger partial charge in [-0.1, -0.05) is 18.2 Å². The van der Waals surface area contributed by atoms with Crippen LogP contribution in [0, 0.1) is 12.7 Å². The Bertz CT molecular complexity index is 984. The van der Waals surface area contributed by atoms with Gasteiger partial charge in [0.1, 0.15) is 11.6 Å². The van der Waals surface area contributed by atoms with Gasteiger partial charge in [0.2, 0.25) is 5.91 Å². The van der Waals surface area contributed by atoms with E-state index in [1.165, 1.54) is 6.07 Å². The van der Waals surface area contributed by atoms with E-state index in [1.54, 1.807) is 24.4 Å². The first kappa shape index (κ1) is 18.4. The van der Waals surface area contributed by atoms with Crippen molar-refractivity contribution in [3.8, 4) is 5.82 Å². The number of amides is 1. The summed E-state index contributed by atoms with van der Waals surface area (Å²) in [5.74, 6) is 0.525. The topological polar surface area (TPSA) is 59.0 Å². The molecule has 1 fully saturated rings. The van der Waals surface area contributed by atoms with E-state index in [1.807, 2.05) is 42.0 Å². The van der Waals surface area contributed by atoms with Crippen LogP contribution in [0.3, 0.4) is 0 Å². The third kappa shape index (κ3) is 3.82. The molecular weight excluding hydrogens is 355 g/mol. The number of nitrogens with one attached hydrogen (secondary N) is 2. The van der Waals surface area contributed by atoms with Gasteiger partial charge in [0.25, 0.3) is 0 Å². The van der Waals surface area contributed by atoms with Crippen LogP contribution in [0.1, 0.15) is 35.7 Å². The number of carbonyl (C=O) groups excluding carboxylic acids is 1. The SMILES string of the molecule is Cc1ccnc(-n2cccc2CN[C@@H]2CCC(=O)N[C@H]2c2ccccc2F)c1. The van der Waals surface area contributed by atoms with Gasteiger partial charge in [0, 0.05) is 42.7 Å². The Morgan fingerprint density at radius 1 is 1.25 bits per heavy atom. The van der Waals surface area contributed by atoms with Crippen molar-refractivity contribution in [1.29, 1.82) is 0 Å². The van der Waals surface area contributed by atoms with Gasteiger partial charge in [0.15, 0.2) is 0 Å². The molecule has 1 aromatic carbocycles. The second-order valence-corrected chi connectivity index (χ2v) is 7.15. The molecule has 0 radical (unpaired) electrons. The monoisotopic (exact) mass is 378 g/mol. The molecule has 1 amide bonds. The molecule has 2 aromatic heterocycles. The molecule has 0 spiro atoms. The number of aryl methyl sites for hydroxylation is 1. The molecular formula is C22H23FN4O. The molecule has 5 nitrogen and oxygen atoms in total. The van der Waals surface area contributed by atoms with Crippen LogP contribution in [0.2, 0.25) is 0 Å². The van der Waals surface area contributed by atoms with Crippen LogP contribution in [0.25, 0.3) is 5.82 Å². The minimum absolute atomic E-state index is 0.0429. The van der Waals surface area contributed by atoms with Gasteiger partial charge >= 0.3 is 0 Å². The fourth-order valence-electron chi connectivity index (χ4n) is 3.71. The molecule has 0 bridgehead atoms. The highest BCUT2D eigenvalue weighted by atomic mass is 19.1. The molecule has 0 saturated carbocycles. The summed E-state index contributed by atoms with van der Waals surface area (Å²) in [7, 11) is 0. The first-order chi connectivity index (χ1) is 13.6. The van der Waals surface area contributed by atoms with Crippen LogP contribution in [0.5, 0.6) is 0 Å². The minimum atomic E-state index is -0.386. The zero-order valence-electron chi connectivity index (χ0n) is 15.7. The van der Waals surface area contributed by atoms with Crippen LogP contribution in [-0.2, 0) is 11.3 Å². The van der Waals surface area contributed by atoms with Crippen LogP contribution in [0.15, 0.2) is 60.9 Å². The summed E-state index contributed by atoms with van der Waals surface area (Å²) in [6.45, 7) is 2.63. The van der Waals surface area contributed by atoms with E-state index in [4.69, 9.17) is 0 Å². The van der Waals surface area contributed by atoms with Gasteiger partial charge in [0.05, 0.1) is 6.04 Å². The molecule has 144 valence electrons. The van der Waals surface area contributed by atoms with Crippen LogP contribution in [-0.4, -0.2) is 21.5 Å². The number of piperidine rings is 1. The molecule has 2 N–H and O–H groups in total. The van der Waals surface area contributed by atoms with E-state index in [-0.39, 0.29) is 23.8 Å². The average Bonchev–Trinajstić information content (AvgIpc) is 3.16. The predicted molar refractivity (Wildman–Crippen MR) is 105 cm³/mol. The van der Waals surface area contributed by atoms with E-state index in [0.29, 0.717) is 24.9 Å². The lowest BCUT2D eigenvalue weighted by atomic mass is 9.91. The number of carbonyl (C=O) groups is 1. The Morgan fingerprint density at radius 2 is 2.11 bits per heavy atom. The molecule has 6 heteroatoms. The van der Waals surface area contributed by atoms with E-state index in [9.17, 15) is 9.18 Å². The maximum atomic E-state index is 14.3. The number of halogens is 1. The van der Waals surface area contributed by atoms with E-state index >= 15 is 0 Å². The second kappa shape index (κ2) is 7.94. The van der Waals surface area contributed by atoms with E-state index in [2.05, 4.69) is 15.6 Å². The number of rotatable bonds is 5. The molecule has 1 aliphatic heterocycles. The summed E-state index contributed by atoms with van der Waals surface area (Å²) in [4.78, 5) is 16.4. The number of aromatic nitrogens is 2. The minimum Gasteiger partial charge on any atom is -0.348 e. The van der Waals surface area contributed by atoms with Gasteiger partial charge in [-0.15, -0.1) is 0 Å². The number of nitrogens with zero attached hydrogens (tertiary/aromatic N) is 2. The summed E-state index contributed by atoms with van der Waals surface area (Å²) in [6.07, 6.45) is 4.87. The molecule has 0 unspecified atom stereocenters. The first-order valence-electron chi connectivity index (χ1n) is 9.48. The quantitative estimate of drug-likeness (QED) is 0.715. The molecule has 0 aliphatic carbocycles. The number of hydrogen-bond acceptors (Lipinski definition) is 3. The van der Waals surface area contributed by atoms with Crippen molar-refractivity contribution >= 4 is 5.91 Å². The fraction of sp³-hybridized carbons (Fsp3) is 0.273. The zero-order chi connectivity index (χ0) is 19.5. The van der Waals surface area contributed by atoms with Gasteiger partial charge in [-0.2, -0.15) is 0 Å². The van der Waals surface area contributed by atoms with Gasteiger partial charge < -0.3 is 15.2 Å². The number of benzene rings is 1. The smallest absolute Gasteiger partial charge is 0.220 e. The Morgan fingerprint density at radius 3 is 2.93 bits per heavy atom. The van der Waals surface area contributed by atoms with Crippen molar-refractivity contribution in [3.63, 3.8) is 0 Å². The van der Waals surface area contributed by atoms with Crippen molar-refractivity contribution in [2.24, 2.45) is 0 Å². The van der Waals surface area contributed by atoms with Gasteiger partial charge in [-0.05, 0) is 49.2 Å². The number of pyridine rings is 1. The van der Waals surface area contributed by atoms with E-state index in [0.717, 1.165) is 17.1 Å². The zero-order valence-corrected chi connectivity index (χ0v) is 15.7. The number of hydrogen-bond donors (Lipinski definition) is 2. The molecule has 1 aliphatic rings. The van der Waals surface area contributed by atoms with Crippen LogP contribution in [0.4, 0.5) is 4.39 Å². The van der Waals surface area contributed by atoms with E-state index < -0.39 is 0 Å². The molecule has 1 saturated heterocycles. The maximum Gasteiger partial charge on any atom is 0.220 e. The molecule has 3 aromatic rings. The largest absolute Gasteiger partial charge is 0.348 e. The average molecular weight is 378 g/mol. The van der Waals surface area contributed by atoms with Crippen molar-refractivity contribution in [3.05, 3.63) is 83.6 Å². The molecule has 4 rings (SSSR count). The summed E-state index contributed by atoms with van der Waals surface area (Å²) >= 11 is 0. The highest BCUT2D eigenvalue weighted by Gasteiger charge is 2.31. The highest BCUT2D eigenvalue weighted by Crippen LogP contribution is 2.26. The molecule has 3 heterocycles. The van der Waals surface area contributed by atoms with Crippen molar-refractivity contribution in [1.82, 2.24) is 20.2 Å². The Kier molecular flexibility index (Phi) is 5.21. The Balaban J connectivity index is 1.53. The lowest BCUT2D eigenvalue weighted by Crippen LogP contribution is -2.48. The normalized spacial score (nSPS) is 19.4. The van der Waals surface area contributed by atoms with Gasteiger partial charge in [-0.3, -0.25) is 4.79 Å². The summed E-state index contributed by atoms with van der Waals surface area (Å²) < 4.78 is 16.4. The predicted octanol–water partition coefficient (Wildman–Crippen LogP) is 3.43. The second-order valence-electron chi connectivity index (χ2n) is 7.15. The maximum absolute atomic E-state index is 14.3. The van der Waals surface area contributed by atoms with Crippen molar-refractivity contribution in [2.45, 2.75) is 38.4 Å². The lowest BCUT2D eigenvalue weighted by Gasteiger charge is -2.33. The van der Waals surface area contributed by atoms with Crippen LogP contribution >= 0.6 is 0 Å². The highest BCUT2D eigenvalue weighted by molar-refractivity contribution is 5.77. The Labute approximate surface area is 163 Å². The standard InChI is InChI=1S/C22H23FN4O/c1-15-10-11-24-20(13-15)27-12-4-5-16(27)14-25-19-8-9-21(28)26-22(19)17-6-2-3-7-18(17)23/h2-7,10-13,19,22,25H,8-9,14H2,1H3,(H,26,28)/t19-,22+/m1/s1. The van der Waals surface area contributed by atoms with Gasteiger partial charge in [-0.25, -0.2) is 9.37 Å². The summed E-state index contributed by atoms with van der Waals surface area (Å²) in [5.41, 5.74) is 2.72. The van der Waals surface area contributed by atoms with Crippen molar-refractivity contribution in [2.75, 3.05) is 0 Å².